The summed E-state index contributed by atoms with van der Waals surface area (Å²) in [4.78, 5) is 3.11. The second-order valence-electron chi connectivity index (χ2n) is 4.97. The van der Waals surface area contributed by atoms with E-state index in [0.717, 1.165) is 23.2 Å². The van der Waals surface area contributed by atoms with Crippen molar-refractivity contribution in [1.82, 2.24) is 9.55 Å². The van der Waals surface area contributed by atoms with Crippen LogP contribution in [0.25, 0.3) is 0 Å². The van der Waals surface area contributed by atoms with Crippen LogP contribution in [0.5, 0.6) is 0 Å². The highest BCUT2D eigenvalue weighted by molar-refractivity contribution is 7.71. The predicted molar refractivity (Wildman–Crippen MR) is 65.5 cm³/mol. The topological polar surface area (TPSA) is 20.7 Å². The number of imidazole rings is 1. The van der Waals surface area contributed by atoms with Crippen molar-refractivity contribution >= 4 is 12.2 Å². The minimum absolute atomic E-state index is 0.836. The Morgan fingerprint density at radius 1 is 1.40 bits per heavy atom. The Morgan fingerprint density at radius 3 is 2.60 bits per heavy atom. The van der Waals surface area contributed by atoms with E-state index in [1.54, 1.807) is 0 Å². The zero-order valence-corrected chi connectivity index (χ0v) is 10.4. The number of rotatable bonds is 2. The molecule has 3 heteroatoms. The zero-order chi connectivity index (χ0) is 10.8. The molecule has 1 saturated carbocycles. The first-order chi connectivity index (χ1) is 7.16. The predicted octanol–water partition coefficient (Wildman–Crippen LogP) is 3.68. The Kier molecular flexibility index (Phi) is 3.29. The third-order valence-corrected chi connectivity index (χ3v) is 3.99. The van der Waals surface area contributed by atoms with Crippen molar-refractivity contribution < 1.29 is 0 Å². The first-order valence-corrected chi connectivity index (χ1v) is 6.32. The standard InChI is InChI=1S/C12H20N2S/c1-9-3-5-11(6-4-9)8-14-10(2)7-13-12(14)15/h7,9,11H,3-6,8H2,1-2H3,(H,13,15). The van der Waals surface area contributed by atoms with Crippen LogP contribution >= 0.6 is 12.2 Å². The molecule has 2 rings (SSSR count). The number of hydrogen-bond acceptors (Lipinski definition) is 1. The Hall–Kier alpha value is -0.570. The van der Waals surface area contributed by atoms with Crippen molar-refractivity contribution in [1.29, 1.82) is 0 Å². The first kappa shape index (κ1) is 10.9. The van der Waals surface area contributed by atoms with Crippen molar-refractivity contribution in [3.63, 3.8) is 0 Å². The van der Waals surface area contributed by atoms with Crippen LogP contribution < -0.4 is 0 Å². The monoisotopic (exact) mass is 224 g/mol. The molecule has 0 aromatic carbocycles. The van der Waals surface area contributed by atoms with Gasteiger partial charge in [0.2, 0.25) is 0 Å². The van der Waals surface area contributed by atoms with Gasteiger partial charge in [0.1, 0.15) is 0 Å². The molecule has 0 saturated heterocycles. The molecule has 1 fully saturated rings. The molecule has 1 aliphatic rings. The van der Waals surface area contributed by atoms with E-state index in [-0.39, 0.29) is 0 Å². The quantitative estimate of drug-likeness (QED) is 0.760. The van der Waals surface area contributed by atoms with Crippen LogP contribution in [0.15, 0.2) is 6.20 Å². The zero-order valence-electron chi connectivity index (χ0n) is 9.62. The van der Waals surface area contributed by atoms with Crippen LogP contribution in [0.1, 0.15) is 38.3 Å². The SMILES string of the molecule is Cc1c[nH]c(=S)n1CC1CCC(C)CC1. The van der Waals surface area contributed by atoms with Gasteiger partial charge in [-0.25, -0.2) is 0 Å². The summed E-state index contributed by atoms with van der Waals surface area (Å²) in [5.41, 5.74) is 1.26. The van der Waals surface area contributed by atoms with Crippen molar-refractivity contribution in [2.24, 2.45) is 11.8 Å². The molecule has 0 aliphatic heterocycles. The fourth-order valence-corrected chi connectivity index (χ4v) is 2.76. The number of aromatic nitrogens is 2. The van der Waals surface area contributed by atoms with Gasteiger partial charge >= 0.3 is 0 Å². The number of nitrogens with zero attached hydrogens (tertiary/aromatic N) is 1. The van der Waals surface area contributed by atoms with Crippen LogP contribution in [0, 0.1) is 23.5 Å². The van der Waals surface area contributed by atoms with Gasteiger partial charge in [-0.2, -0.15) is 0 Å². The third-order valence-electron chi connectivity index (χ3n) is 3.65. The molecule has 0 spiro atoms. The van der Waals surface area contributed by atoms with Crippen LogP contribution in [-0.2, 0) is 6.54 Å². The van der Waals surface area contributed by atoms with Gasteiger partial charge in [-0.3, -0.25) is 0 Å². The maximum absolute atomic E-state index is 5.27. The van der Waals surface area contributed by atoms with Gasteiger partial charge in [0.25, 0.3) is 0 Å². The minimum Gasteiger partial charge on any atom is -0.337 e. The number of H-pyrrole nitrogens is 1. The van der Waals surface area contributed by atoms with Gasteiger partial charge < -0.3 is 9.55 Å². The molecule has 0 atom stereocenters. The van der Waals surface area contributed by atoms with E-state index in [9.17, 15) is 0 Å². The van der Waals surface area contributed by atoms with E-state index in [1.165, 1.54) is 31.4 Å². The molecule has 84 valence electrons. The lowest BCUT2D eigenvalue weighted by molar-refractivity contribution is 0.263. The highest BCUT2D eigenvalue weighted by Crippen LogP contribution is 2.29. The molecule has 1 aliphatic carbocycles. The average molecular weight is 224 g/mol. The molecule has 0 unspecified atom stereocenters. The number of aryl methyl sites for hydroxylation is 1. The summed E-state index contributed by atoms with van der Waals surface area (Å²) in [6.45, 7) is 5.60. The number of nitrogens with one attached hydrogen (secondary N) is 1. The Labute approximate surface area is 96.7 Å². The Morgan fingerprint density at radius 2 is 2.07 bits per heavy atom. The van der Waals surface area contributed by atoms with E-state index >= 15 is 0 Å². The summed E-state index contributed by atoms with van der Waals surface area (Å²) >= 11 is 5.27. The Bertz CT molecular complexity index is 369. The summed E-state index contributed by atoms with van der Waals surface area (Å²) in [6.07, 6.45) is 7.53. The molecule has 1 aromatic heterocycles. The molecular formula is C12H20N2S. The first-order valence-electron chi connectivity index (χ1n) is 5.91. The fourth-order valence-electron chi connectivity index (χ4n) is 2.48. The second kappa shape index (κ2) is 4.52. The molecule has 2 nitrogen and oxygen atoms in total. The molecule has 0 radical (unpaired) electrons. The van der Waals surface area contributed by atoms with Gasteiger partial charge in [0.05, 0.1) is 0 Å². The molecule has 0 bridgehead atoms. The van der Waals surface area contributed by atoms with Crippen molar-refractivity contribution in [3.8, 4) is 0 Å². The van der Waals surface area contributed by atoms with Crippen LogP contribution in [0.3, 0.4) is 0 Å². The van der Waals surface area contributed by atoms with Gasteiger partial charge in [0, 0.05) is 18.4 Å². The summed E-state index contributed by atoms with van der Waals surface area (Å²) in [5.74, 6) is 1.77. The molecule has 15 heavy (non-hydrogen) atoms. The minimum atomic E-state index is 0.836. The van der Waals surface area contributed by atoms with E-state index in [2.05, 4.69) is 23.4 Å². The van der Waals surface area contributed by atoms with Gasteiger partial charge in [-0.1, -0.05) is 19.8 Å². The van der Waals surface area contributed by atoms with E-state index in [1.807, 2.05) is 6.20 Å². The average Bonchev–Trinajstić information content (AvgIpc) is 2.53. The highest BCUT2D eigenvalue weighted by atomic mass is 32.1. The van der Waals surface area contributed by atoms with E-state index in [4.69, 9.17) is 12.2 Å². The summed E-state index contributed by atoms with van der Waals surface area (Å²) in [6, 6.07) is 0. The normalized spacial score (nSPS) is 26.8. The van der Waals surface area contributed by atoms with Gasteiger partial charge in [-0.05, 0) is 43.8 Å². The molecular weight excluding hydrogens is 204 g/mol. The smallest absolute Gasteiger partial charge is 0.177 e. The van der Waals surface area contributed by atoms with Crippen molar-refractivity contribution in [2.75, 3.05) is 0 Å². The van der Waals surface area contributed by atoms with Crippen LogP contribution in [0.2, 0.25) is 0 Å². The third kappa shape index (κ3) is 2.51. The summed E-state index contributed by atoms with van der Waals surface area (Å²) < 4.78 is 3.13. The lowest BCUT2D eigenvalue weighted by atomic mass is 9.83. The maximum atomic E-state index is 5.27. The van der Waals surface area contributed by atoms with Crippen LogP contribution in [-0.4, -0.2) is 9.55 Å². The largest absolute Gasteiger partial charge is 0.337 e. The maximum Gasteiger partial charge on any atom is 0.177 e. The molecule has 1 aromatic rings. The summed E-state index contributed by atoms with van der Waals surface area (Å²) in [7, 11) is 0. The summed E-state index contributed by atoms with van der Waals surface area (Å²) in [5, 5.41) is 0. The van der Waals surface area contributed by atoms with Gasteiger partial charge in [-0.15, -0.1) is 0 Å². The lowest BCUT2D eigenvalue weighted by Gasteiger charge is -2.26. The van der Waals surface area contributed by atoms with E-state index in [0.29, 0.717) is 0 Å². The lowest BCUT2D eigenvalue weighted by Crippen LogP contribution is -2.18. The van der Waals surface area contributed by atoms with Crippen molar-refractivity contribution in [3.05, 3.63) is 16.7 Å². The number of aromatic amines is 1. The fraction of sp³-hybridized carbons (Fsp3) is 0.750. The molecule has 0 amide bonds. The molecule has 1 N–H and O–H groups in total. The van der Waals surface area contributed by atoms with E-state index < -0.39 is 0 Å². The molecule has 1 heterocycles. The van der Waals surface area contributed by atoms with Gasteiger partial charge in [0.15, 0.2) is 4.77 Å². The van der Waals surface area contributed by atoms with Crippen molar-refractivity contribution in [2.45, 2.75) is 46.1 Å². The Balaban J connectivity index is 2.00. The van der Waals surface area contributed by atoms with Crippen LogP contribution in [0.4, 0.5) is 0 Å². The second-order valence-corrected chi connectivity index (χ2v) is 5.36. The highest BCUT2D eigenvalue weighted by Gasteiger charge is 2.19. The number of hydrogen-bond donors (Lipinski definition) is 1.